The van der Waals surface area contributed by atoms with Crippen LogP contribution in [0.2, 0.25) is 0 Å². The van der Waals surface area contributed by atoms with Gasteiger partial charge >= 0.3 is 0 Å². The molecule has 0 bridgehead atoms. The number of ether oxygens (including phenoxy) is 1. The highest BCUT2D eigenvalue weighted by molar-refractivity contribution is 7.91. The van der Waals surface area contributed by atoms with Crippen LogP contribution < -0.4 is 4.74 Å². The third kappa shape index (κ3) is 4.61. The van der Waals surface area contributed by atoms with Gasteiger partial charge in [-0.25, -0.2) is 8.42 Å². The Bertz CT molecular complexity index is 1210. The Morgan fingerprint density at radius 1 is 1.19 bits per heavy atom. The van der Waals surface area contributed by atoms with Crippen molar-refractivity contribution in [2.45, 2.75) is 39.3 Å². The van der Waals surface area contributed by atoms with Crippen LogP contribution in [0.4, 0.5) is 0 Å². The molecule has 7 heteroatoms. The molecule has 1 unspecified atom stereocenters. The van der Waals surface area contributed by atoms with Gasteiger partial charge in [-0.2, -0.15) is 0 Å². The monoisotopic (exact) mass is 441 g/mol. The number of amides is 1. The maximum Gasteiger partial charge on any atom is 0.227 e. The fraction of sp³-hybridized carbons (Fsp3) is 0.375. The first-order valence-corrected chi connectivity index (χ1v) is 12.2. The Labute approximate surface area is 182 Å². The van der Waals surface area contributed by atoms with Crippen LogP contribution in [0.25, 0.3) is 11.0 Å². The number of fused-ring (bicyclic) bond motifs is 1. The Morgan fingerprint density at radius 3 is 2.58 bits per heavy atom. The molecule has 0 spiro atoms. The molecule has 6 nitrogen and oxygen atoms in total. The molecular weight excluding hydrogens is 414 g/mol. The molecule has 1 aliphatic rings. The Hall–Kier alpha value is -2.80. The van der Waals surface area contributed by atoms with Crippen molar-refractivity contribution in [2.24, 2.45) is 0 Å². The number of rotatable bonds is 6. The summed E-state index contributed by atoms with van der Waals surface area (Å²) in [7, 11) is -1.51. The largest absolute Gasteiger partial charge is 0.497 e. The lowest BCUT2D eigenvalue weighted by atomic mass is 10.0. The minimum absolute atomic E-state index is 0.0131. The topological polar surface area (TPSA) is 76.8 Å². The predicted octanol–water partition coefficient (Wildman–Crippen LogP) is 3.82. The van der Waals surface area contributed by atoms with Gasteiger partial charge in [0.15, 0.2) is 9.84 Å². The summed E-state index contributed by atoms with van der Waals surface area (Å²) >= 11 is 0. The Morgan fingerprint density at radius 2 is 1.94 bits per heavy atom. The average molecular weight is 442 g/mol. The van der Waals surface area contributed by atoms with Crippen LogP contribution in [0.15, 0.2) is 47.1 Å². The number of aryl methyl sites for hydroxylation is 2. The summed E-state index contributed by atoms with van der Waals surface area (Å²) < 4.78 is 35.1. The summed E-state index contributed by atoms with van der Waals surface area (Å²) in [5.74, 6) is 0.775. The molecule has 31 heavy (non-hydrogen) atoms. The first-order chi connectivity index (χ1) is 14.8. The molecule has 1 saturated heterocycles. The maximum absolute atomic E-state index is 13.4. The van der Waals surface area contributed by atoms with Gasteiger partial charge in [-0.3, -0.25) is 4.79 Å². The Kier molecular flexibility index (Phi) is 5.79. The molecule has 0 radical (unpaired) electrons. The van der Waals surface area contributed by atoms with E-state index in [0.29, 0.717) is 13.0 Å². The quantitative estimate of drug-likeness (QED) is 0.581. The number of furan rings is 1. The Balaban J connectivity index is 1.62. The molecule has 164 valence electrons. The molecule has 1 fully saturated rings. The van der Waals surface area contributed by atoms with Gasteiger partial charge in [-0.15, -0.1) is 0 Å². The van der Waals surface area contributed by atoms with Crippen LogP contribution in [0.5, 0.6) is 5.75 Å². The number of methoxy groups -OCH3 is 1. The van der Waals surface area contributed by atoms with Gasteiger partial charge in [0.1, 0.15) is 11.3 Å². The fourth-order valence-corrected chi connectivity index (χ4v) is 6.12. The minimum atomic E-state index is -3.12. The van der Waals surface area contributed by atoms with Gasteiger partial charge in [-0.05, 0) is 55.2 Å². The van der Waals surface area contributed by atoms with Crippen LogP contribution in [0.1, 0.15) is 28.7 Å². The molecule has 1 aromatic heterocycles. The van der Waals surface area contributed by atoms with Crippen molar-refractivity contribution in [2.75, 3.05) is 18.6 Å². The van der Waals surface area contributed by atoms with Crippen LogP contribution >= 0.6 is 0 Å². The van der Waals surface area contributed by atoms with Crippen molar-refractivity contribution in [3.05, 3.63) is 64.9 Å². The number of hydrogen-bond donors (Lipinski definition) is 0. The van der Waals surface area contributed by atoms with Crippen molar-refractivity contribution in [3.8, 4) is 5.75 Å². The molecule has 0 aliphatic carbocycles. The smallest absolute Gasteiger partial charge is 0.227 e. The zero-order valence-corrected chi connectivity index (χ0v) is 18.9. The SMILES string of the molecule is COc1ccc(CN(C(=O)Cc2coc3cc(C)cc(C)c23)C2CCS(=O)(=O)C2)cc1. The second-order valence-electron chi connectivity index (χ2n) is 8.32. The lowest BCUT2D eigenvalue weighted by Crippen LogP contribution is -2.41. The highest BCUT2D eigenvalue weighted by Gasteiger charge is 2.35. The van der Waals surface area contributed by atoms with Crippen LogP contribution in [0, 0.1) is 13.8 Å². The highest BCUT2D eigenvalue weighted by Crippen LogP contribution is 2.28. The van der Waals surface area contributed by atoms with E-state index in [1.54, 1.807) is 18.3 Å². The number of sulfone groups is 1. The van der Waals surface area contributed by atoms with Crippen LogP contribution in [-0.2, 0) is 27.6 Å². The van der Waals surface area contributed by atoms with Gasteiger partial charge in [0.2, 0.25) is 5.91 Å². The lowest BCUT2D eigenvalue weighted by molar-refractivity contribution is -0.133. The van der Waals surface area contributed by atoms with Gasteiger partial charge in [-0.1, -0.05) is 18.2 Å². The minimum Gasteiger partial charge on any atom is -0.497 e. The summed E-state index contributed by atoms with van der Waals surface area (Å²) in [4.78, 5) is 15.1. The normalized spacial score (nSPS) is 17.7. The molecule has 0 N–H and O–H groups in total. The van der Waals surface area contributed by atoms with Crippen molar-refractivity contribution < 1.29 is 22.4 Å². The summed E-state index contributed by atoms with van der Waals surface area (Å²) in [5, 5.41) is 0.961. The molecule has 3 aromatic rings. The third-order valence-electron chi connectivity index (χ3n) is 5.92. The number of benzene rings is 2. The highest BCUT2D eigenvalue weighted by atomic mass is 32.2. The van der Waals surface area contributed by atoms with Gasteiger partial charge < -0.3 is 14.1 Å². The maximum atomic E-state index is 13.4. The van der Waals surface area contributed by atoms with Crippen molar-refractivity contribution in [1.29, 1.82) is 0 Å². The molecular formula is C24H27NO5S. The summed E-state index contributed by atoms with van der Waals surface area (Å²) in [5.41, 5.74) is 4.71. The van der Waals surface area contributed by atoms with Crippen molar-refractivity contribution >= 4 is 26.7 Å². The molecule has 4 rings (SSSR count). The van der Waals surface area contributed by atoms with E-state index in [0.717, 1.165) is 39.0 Å². The first kappa shape index (κ1) is 21.4. The molecule has 2 aromatic carbocycles. The van der Waals surface area contributed by atoms with Crippen LogP contribution in [-0.4, -0.2) is 43.9 Å². The number of carbonyl (C=O) groups excluding carboxylic acids is 1. The molecule has 0 saturated carbocycles. The second-order valence-corrected chi connectivity index (χ2v) is 10.5. The number of hydrogen-bond acceptors (Lipinski definition) is 5. The summed E-state index contributed by atoms with van der Waals surface area (Å²) in [6.07, 6.45) is 2.28. The first-order valence-electron chi connectivity index (χ1n) is 10.4. The van der Waals surface area contributed by atoms with E-state index in [9.17, 15) is 13.2 Å². The third-order valence-corrected chi connectivity index (χ3v) is 7.67. The number of carbonyl (C=O) groups is 1. The van der Waals surface area contributed by atoms with E-state index >= 15 is 0 Å². The van der Waals surface area contributed by atoms with E-state index in [1.165, 1.54) is 0 Å². The van der Waals surface area contributed by atoms with E-state index in [-0.39, 0.29) is 29.9 Å². The predicted molar refractivity (Wildman–Crippen MR) is 120 cm³/mol. The number of nitrogens with zero attached hydrogens (tertiary/aromatic N) is 1. The molecule has 1 aliphatic heterocycles. The van der Waals surface area contributed by atoms with Gasteiger partial charge in [0.25, 0.3) is 0 Å². The molecule has 1 atom stereocenters. The zero-order chi connectivity index (χ0) is 22.2. The van der Waals surface area contributed by atoms with Crippen LogP contribution in [0.3, 0.4) is 0 Å². The van der Waals surface area contributed by atoms with E-state index in [4.69, 9.17) is 9.15 Å². The molecule has 2 heterocycles. The fourth-order valence-electron chi connectivity index (χ4n) is 4.39. The van der Waals surface area contributed by atoms with Gasteiger partial charge in [0.05, 0.1) is 31.3 Å². The van der Waals surface area contributed by atoms with Crippen molar-refractivity contribution in [3.63, 3.8) is 0 Å². The van der Waals surface area contributed by atoms with Crippen molar-refractivity contribution in [1.82, 2.24) is 4.90 Å². The summed E-state index contributed by atoms with van der Waals surface area (Å²) in [6, 6.07) is 11.2. The molecule has 1 amide bonds. The second kappa shape index (κ2) is 8.38. The lowest BCUT2D eigenvalue weighted by Gasteiger charge is -2.28. The van der Waals surface area contributed by atoms with E-state index < -0.39 is 9.84 Å². The zero-order valence-electron chi connectivity index (χ0n) is 18.1. The summed E-state index contributed by atoms with van der Waals surface area (Å²) in [6.45, 7) is 4.38. The van der Waals surface area contributed by atoms with E-state index in [1.807, 2.05) is 44.2 Å². The standard InChI is InChI=1S/C24H27NO5S/c1-16-10-17(2)24-19(14-30-22(24)11-16)12-23(26)25(20-8-9-31(27,28)15-20)13-18-4-6-21(29-3)7-5-18/h4-7,10-11,14,20H,8-9,12-13,15H2,1-3H3. The van der Waals surface area contributed by atoms with Gasteiger partial charge in [0, 0.05) is 23.5 Å². The van der Waals surface area contributed by atoms with E-state index in [2.05, 4.69) is 6.07 Å². The average Bonchev–Trinajstić information content (AvgIpc) is 3.29.